The minimum absolute atomic E-state index is 0.495. The monoisotopic (exact) mass is 182 g/mol. The highest BCUT2D eigenvalue weighted by atomic mass is 15.3. The minimum Gasteiger partial charge on any atom is -0.311 e. The van der Waals surface area contributed by atoms with Crippen LogP contribution >= 0.6 is 0 Å². The Kier molecular flexibility index (Phi) is 2.37. The van der Waals surface area contributed by atoms with Gasteiger partial charge in [-0.15, -0.1) is 0 Å². The number of hydrogen-bond acceptors (Lipinski definition) is 2. The lowest BCUT2D eigenvalue weighted by Gasteiger charge is -2.30. The third kappa shape index (κ3) is 2.23. The van der Waals surface area contributed by atoms with Crippen LogP contribution < -0.4 is 5.32 Å². The SMILES string of the molecule is CC(C)(C)CCN1C[C@H]2C[C@@H]1CN2. The van der Waals surface area contributed by atoms with E-state index in [0.29, 0.717) is 5.41 Å². The Balaban J connectivity index is 1.78. The predicted octanol–water partition coefficient (Wildman–Crippen LogP) is 1.47. The standard InChI is InChI=1S/C11H22N2/c1-11(2,3)4-5-13-8-9-6-10(13)7-12-9/h9-10,12H,4-8H2,1-3H3/t9-,10-/m1/s1. The predicted molar refractivity (Wildman–Crippen MR) is 55.8 cm³/mol. The first-order valence-corrected chi connectivity index (χ1v) is 5.52. The van der Waals surface area contributed by atoms with E-state index in [2.05, 4.69) is 31.0 Å². The van der Waals surface area contributed by atoms with Crippen LogP contribution in [-0.2, 0) is 0 Å². The Morgan fingerprint density at radius 1 is 1.38 bits per heavy atom. The second-order valence-electron chi connectivity index (χ2n) is 5.80. The third-order valence-corrected chi connectivity index (χ3v) is 3.32. The summed E-state index contributed by atoms with van der Waals surface area (Å²) >= 11 is 0. The molecule has 0 amide bonds. The molecule has 2 rings (SSSR count). The van der Waals surface area contributed by atoms with Gasteiger partial charge in [0.2, 0.25) is 0 Å². The van der Waals surface area contributed by atoms with Crippen molar-refractivity contribution in [3.63, 3.8) is 0 Å². The second kappa shape index (κ2) is 3.25. The average molecular weight is 182 g/mol. The average Bonchev–Trinajstić information content (AvgIpc) is 2.58. The molecular weight excluding hydrogens is 160 g/mol. The topological polar surface area (TPSA) is 15.3 Å². The molecule has 0 unspecified atom stereocenters. The highest BCUT2D eigenvalue weighted by Gasteiger charge is 2.37. The van der Waals surface area contributed by atoms with E-state index < -0.39 is 0 Å². The van der Waals surface area contributed by atoms with Crippen LogP contribution in [0.3, 0.4) is 0 Å². The third-order valence-electron chi connectivity index (χ3n) is 3.32. The fraction of sp³-hybridized carbons (Fsp3) is 1.00. The van der Waals surface area contributed by atoms with Gasteiger partial charge in [-0.3, -0.25) is 4.90 Å². The van der Waals surface area contributed by atoms with Gasteiger partial charge in [0.25, 0.3) is 0 Å². The fourth-order valence-corrected chi connectivity index (χ4v) is 2.40. The van der Waals surface area contributed by atoms with Crippen LogP contribution in [-0.4, -0.2) is 36.6 Å². The molecule has 0 aromatic heterocycles. The summed E-state index contributed by atoms with van der Waals surface area (Å²) in [5, 5.41) is 3.54. The van der Waals surface area contributed by atoms with Crippen LogP contribution in [0.2, 0.25) is 0 Å². The first-order chi connectivity index (χ1) is 6.04. The number of nitrogens with zero attached hydrogens (tertiary/aromatic N) is 1. The van der Waals surface area contributed by atoms with Crippen molar-refractivity contribution in [3.05, 3.63) is 0 Å². The molecule has 76 valence electrons. The summed E-state index contributed by atoms with van der Waals surface area (Å²) in [7, 11) is 0. The molecule has 2 saturated heterocycles. The maximum atomic E-state index is 3.54. The van der Waals surface area contributed by atoms with Crippen molar-refractivity contribution in [2.24, 2.45) is 5.41 Å². The van der Waals surface area contributed by atoms with Gasteiger partial charge in [-0.05, 0) is 24.8 Å². The Bertz CT molecular complexity index is 183. The first kappa shape index (κ1) is 9.47. The molecule has 13 heavy (non-hydrogen) atoms. The van der Waals surface area contributed by atoms with Crippen molar-refractivity contribution in [3.8, 4) is 0 Å². The number of nitrogens with one attached hydrogen (secondary N) is 1. The van der Waals surface area contributed by atoms with Gasteiger partial charge in [-0.1, -0.05) is 20.8 Å². The van der Waals surface area contributed by atoms with Gasteiger partial charge < -0.3 is 5.32 Å². The molecule has 0 aromatic carbocycles. The lowest BCUT2D eigenvalue weighted by atomic mass is 9.92. The molecule has 2 atom stereocenters. The van der Waals surface area contributed by atoms with E-state index in [1.54, 1.807) is 0 Å². The van der Waals surface area contributed by atoms with E-state index in [1.165, 1.54) is 32.5 Å². The van der Waals surface area contributed by atoms with Gasteiger partial charge in [0.1, 0.15) is 0 Å². The van der Waals surface area contributed by atoms with Crippen molar-refractivity contribution in [2.45, 2.75) is 45.7 Å². The van der Waals surface area contributed by atoms with Crippen molar-refractivity contribution in [2.75, 3.05) is 19.6 Å². The van der Waals surface area contributed by atoms with E-state index in [4.69, 9.17) is 0 Å². The quantitative estimate of drug-likeness (QED) is 0.695. The van der Waals surface area contributed by atoms with Gasteiger partial charge in [-0.25, -0.2) is 0 Å². The van der Waals surface area contributed by atoms with E-state index in [0.717, 1.165) is 12.1 Å². The van der Waals surface area contributed by atoms with E-state index >= 15 is 0 Å². The summed E-state index contributed by atoms with van der Waals surface area (Å²) in [5.74, 6) is 0. The molecule has 0 saturated carbocycles. The zero-order chi connectivity index (χ0) is 9.47. The molecule has 2 fully saturated rings. The van der Waals surface area contributed by atoms with Crippen LogP contribution in [0.25, 0.3) is 0 Å². The van der Waals surface area contributed by atoms with Gasteiger partial charge in [0, 0.05) is 25.2 Å². The van der Waals surface area contributed by atoms with Crippen LogP contribution in [0.15, 0.2) is 0 Å². The summed E-state index contributed by atoms with van der Waals surface area (Å²) < 4.78 is 0. The van der Waals surface area contributed by atoms with Gasteiger partial charge in [0.15, 0.2) is 0 Å². The van der Waals surface area contributed by atoms with Crippen molar-refractivity contribution in [1.29, 1.82) is 0 Å². The summed E-state index contributed by atoms with van der Waals surface area (Å²) in [5.41, 5.74) is 0.495. The Morgan fingerprint density at radius 2 is 2.15 bits per heavy atom. The molecule has 0 spiro atoms. The van der Waals surface area contributed by atoms with E-state index in [-0.39, 0.29) is 0 Å². The van der Waals surface area contributed by atoms with Crippen molar-refractivity contribution >= 4 is 0 Å². The van der Waals surface area contributed by atoms with Gasteiger partial charge in [-0.2, -0.15) is 0 Å². The minimum atomic E-state index is 0.495. The zero-order valence-electron chi connectivity index (χ0n) is 9.14. The van der Waals surface area contributed by atoms with Gasteiger partial charge in [0.05, 0.1) is 0 Å². The number of likely N-dealkylation sites (tertiary alicyclic amines) is 1. The van der Waals surface area contributed by atoms with Crippen LogP contribution in [0.4, 0.5) is 0 Å². The lowest BCUT2D eigenvalue weighted by Crippen LogP contribution is -2.44. The van der Waals surface area contributed by atoms with Crippen LogP contribution in [0, 0.1) is 5.41 Å². The Hall–Kier alpha value is -0.0800. The highest BCUT2D eigenvalue weighted by Crippen LogP contribution is 2.26. The first-order valence-electron chi connectivity index (χ1n) is 5.52. The summed E-state index contributed by atoms with van der Waals surface area (Å²) in [6.07, 6.45) is 2.72. The fourth-order valence-electron chi connectivity index (χ4n) is 2.40. The molecule has 0 aromatic rings. The highest BCUT2D eigenvalue weighted by molar-refractivity contribution is 4.97. The van der Waals surface area contributed by atoms with Crippen molar-refractivity contribution in [1.82, 2.24) is 10.2 Å². The molecule has 0 radical (unpaired) electrons. The second-order valence-corrected chi connectivity index (χ2v) is 5.80. The smallest absolute Gasteiger partial charge is 0.0236 e. The molecule has 0 aliphatic carbocycles. The molecule has 2 aliphatic heterocycles. The number of hydrogen-bond donors (Lipinski definition) is 1. The molecule has 2 bridgehead atoms. The number of rotatable bonds is 2. The maximum Gasteiger partial charge on any atom is 0.0236 e. The molecule has 2 heterocycles. The molecule has 2 nitrogen and oxygen atoms in total. The van der Waals surface area contributed by atoms with E-state index in [9.17, 15) is 0 Å². The van der Waals surface area contributed by atoms with Crippen LogP contribution in [0.5, 0.6) is 0 Å². The summed E-state index contributed by atoms with van der Waals surface area (Å²) in [6.45, 7) is 10.8. The molecule has 2 heteroatoms. The Labute approximate surface area is 81.7 Å². The molecule has 1 N–H and O–H groups in total. The summed E-state index contributed by atoms with van der Waals surface area (Å²) in [6, 6.07) is 1.66. The number of fused-ring (bicyclic) bond motifs is 2. The summed E-state index contributed by atoms with van der Waals surface area (Å²) in [4.78, 5) is 2.67. The number of piperazine rings is 1. The van der Waals surface area contributed by atoms with Crippen molar-refractivity contribution < 1.29 is 0 Å². The van der Waals surface area contributed by atoms with Gasteiger partial charge >= 0.3 is 0 Å². The van der Waals surface area contributed by atoms with E-state index in [1.807, 2.05) is 0 Å². The molecular formula is C11H22N2. The normalized spacial score (nSPS) is 34.4. The lowest BCUT2D eigenvalue weighted by molar-refractivity contribution is 0.193. The zero-order valence-corrected chi connectivity index (χ0v) is 9.14. The maximum absolute atomic E-state index is 3.54. The molecule has 2 aliphatic rings. The van der Waals surface area contributed by atoms with Crippen LogP contribution in [0.1, 0.15) is 33.6 Å². The largest absolute Gasteiger partial charge is 0.311 e. The Morgan fingerprint density at radius 3 is 2.62 bits per heavy atom.